The molecule has 1 saturated heterocycles. The maximum atomic E-state index is 11.3. The molecular formula is C18H20N2O3S. The lowest BCUT2D eigenvalue weighted by Gasteiger charge is -2.25. The number of thiophene rings is 1. The van der Waals surface area contributed by atoms with Crippen LogP contribution in [0.2, 0.25) is 0 Å². The standard InChI is InChI=1S/C18H20N2O3S/c19-18(21)17-6-5-16(24-17)13-2-1-7-20(13)11-12-3-4-14-15(10-12)23-9-8-22-14/h3-6,10,13H,1-2,7-9,11H2,(H2,19,21)/t13-/m1/s1. The first-order chi connectivity index (χ1) is 11.7. The van der Waals surface area contributed by atoms with E-state index >= 15 is 0 Å². The van der Waals surface area contributed by atoms with E-state index in [9.17, 15) is 4.79 Å². The molecule has 3 heterocycles. The van der Waals surface area contributed by atoms with Crippen molar-refractivity contribution in [1.82, 2.24) is 4.90 Å². The SMILES string of the molecule is NC(=O)c1ccc([C@H]2CCCN2Cc2ccc3c(c2)OCCO3)s1. The normalized spacial score (nSPS) is 20.2. The lowest BCUT2D eigenvalue weighted by atomic mass is 10.1. The zero-order valence-corrected chi connectivity index (χ0v) is 14.2. The fourth-order valence-corrected chi connectivity index (χ4v) is 4.45. The highest BCUT2D eigenvalue weighted by Gasteiger charge is 2.28. The molecule has 1 amide bonds. The van der Waals surface area contributed by atoms with Crippen molar-refractivity contribution in [2.45, 2.75) is 25.4 Å². The Kier molecular flexibility index (Phi) is 4.16. The van der Waals surface area contributed by atoms with Gasteiger partial charge >= 0.3 is 0 Å². The van der Waals surface area contributed by atoms with Crippen LogP contribution in [0.3, 0.4) is 0 Å². The molecule has 0 saturated carbocycles. The highest BCUT2D eigenvalue weighted by Crippen LogP contribution is 2.38. The molecule has 2 aliphatic rings. The number of likely N-dealkylation sites (tertiary alicyclic amines) is 1. The van der Waals surface area contributed by atoms with Crippen LogP contribution in [0.25, 0.3) is 0 Å². The number of carbonyl (C=O) groups excluding carboxylic acids is 1. The van der Waals surface area contributed by atoms with E-state index in [1.54, 1.807) is 0 Å². The molecule has 0 aliphatic carbocycles. The molecule has 4 rings (SSSR count). The van der Waals surface area contributed by atoms with E-state index < -0.39 is 0 Å². The van der Waals surface area contributed by atoms with Gasteiger partial charge in [0.2, 0.25) is 0 Å². The largest absolute Gasteiger partial charge is 0.486 e. The van der Waals surface area contributed by atoms with Crippen molar-refractivity contribution < 1.29 is 14.3 Å². The highest BCUT2D eigenvalue weighted by atomic mass is 32.1. The topological polar surface area (TPSA) is 64.8 Å². The van der Waals surface area contributed by atoms with Gasteiger partial charge in [0.1, 0.15) is 13.2 Å². The molecule has 0 unspecified atom stereocenters. The summed E-state index contributed by atoms with van der Waals surface area (Å²) in [6.07, 6.45) is 2.28. The Morgan fingerprint density at radius 1 is 1.21 bits per heavy atom. The molecule has 0 radical (unpaired) electrons. The average molecular weight is 344 g/mol. The van der Waals surface area contributed by atoms with Crippen LogP contribution in [0.15, 0.2) is 30.3 Å². The van der Waals surface area contributed by atoms with Crippen molar-refractivity contribution in [3.05, 3.63) is 45.6 Å². The maximum Gasteiger partial charge on any atom is 0.258 e. The fraction of sp³-hybridized carbons (Fsp3) is 0.389. The number of hydrogen-bond donors (Lipinski definition) is 1. The quantitative estimate of drug-likeness (QED) is 0.926. The molecule has 6 heteroatoms. The highest BCUT2D eigenvalue weighted by molar-refractivity contribution is 7.14. The van der Waals surface area contributed by atoms with Crippen molar-refractivity contribution in [2.24, 2.45) is 5.73 Å². The molecule has 0 bridgehead atoms. The minimum Gasteiger partial charge on any atom is -0.486 e. The number of ether oxygens (including phenoxy) is 2. The second-order valence-corrected chi connectivity index (χ2v) is 7.29. The van der Waals surface area contributed by atoms with E-state index in [4.69, 9.17) is 15.2 Å². The summed E-state index contributed by atoms with van der Waals surface area (Å²) in [6, 6.07) is 10.4. The van der Waals surface area contributed by atoms with Gasteiger partial charge in [0.15, 0.2) is 11.5 Å². The molecule has 1 aromatic carbocycles. The predicted octanol–water partition coefficient (Wildman–Crippen LogP) is 2.96. The molecule has 24 heavy (non-hydrogen) atoms. The van der Waals surface area contributed by atoms with Crippen LogP contribution >= 0.6 is 11.3 Å². The Hall–Kier alpha value is -2.05. The fourth-order valence-electron chi connectivity index (χ4n) is 3.42. The Morgan fingerprint density at radius 2 is 2.04 bits per heavy atom. The summed E-state index contributed by atoms with van der Waals surface area (Å²) in [4.78, 5) is 15.6. The zero-order chi connectivity index (χ0) is 16.5. The van der Waals surface area contributed by atoms with Crippen molar-refractivity contribution in [3.63, 3.8) is 0 Å². The predicted molar refractivity (Wildman–Crippen MR) is 92.7 cm³/mol. The number of amides is 1. The summed E-state index contributed by atoms with van der Waals surface area (Å²) in [7, 11) is 0. The smallest absolute Gasteiger partial charge is 0.258 e. The van der Waals surface area contributed by atoms with Crippen LogP contribution in [0.1, 0.15) is 39.0 Å². The molecule has 0 spiro atoms. The number of primary amides is 1. The summed E-state index contributed by atoms with van der Waals surface area (Å²) >= 11 is 1.51. The average Bonchev–Trinajstić information content (AvgIpc) is 3.23. The van der Waals surface area contributed by atoms with Gasteiger partial charge in [-0.1, -0.05) is 6.07 Å². The van der Waals surface area contributed by atoms with Gasteiger partial charge in [-0.15, -0.1) is 11.3 Å². The molecule has 5 nitrogen and oxygen atoms in total. The number of hydrogen-bond acceptors (Lipinski definition) is 5. The minimum absolute atomic E-state index is 0.345. The molecule has 2 aliphatic heterocycles. The molecule has 1 aromatic heterocycles. The van der Waals surface area contributed by atoms with Crippen molar-refractivity contribution in [3.8, 4) is 11.5 Å². The lowest BCUT2D eigenvalue weighted by molar-refractivity contribution is 0.100. The van der Waals surface area contributed by atoms with E-state index in [-0.39, 0.29) is 5.91 Å². The van der Waals surface area contributed by atoms with Crippen LogP contribution in [0.4, 0.5) is 0 Å². The third kappa shape index (κ3) is 2.99. The molecule has 2 N–H and O–H groups in total. The summed E-state index contributed by atoms with van der Waals surface area (Å²) < 4.78 is 11.3. The van der Waals surface area contributed by atoms with Gasteiger partial charge in [0, 0.05) is 17.5 Å². The third-order valence-electron chi connectivity index (χ3n) is 4.55. The monoisotopic (exact) mass is 344 g/mol. The van der Waals surface area contributed by atoms with Crippen LogP contribution in [-0.4, -0.2) is 30.6 Å². The van der Waals surface area contributed by atoms with E-state index in [0.29, 0.717) is 24.1 Å². The lowest BCUT2D eigenvalue weighted by Crippen LogP contribution is -2.22. The Bertz CT molecular complexity index is 758. The zero-order valence-electron chi connectivity index (χ0n) is 13.4. The van der Waals surface area contributed by atoms with Crippen LogP contribution in [0, 0.1) is 0 Å². The van der Waals surface area contributed by atoms with Crippen molar-refractivity contribution in [2.75, 3.05) is 19.8 Å². The number of fused-ring (bicyclic) bond motifs is 1. The minimum atomic E-state index is -0.345. The summed E-state index contributed by atoms with van der Waals surface area (Å²) in [5, 5.41) is 0. The van der Waals surface area contributed by atoms with Gasteiger partial charge in [-0.25, -0.2) is 0 Å². The number of nitrogens with two attached hydrogens (primary N) is 1. The van der Waals surface area contributed by atoms with Crippen molar-refractivity contribution in [1.29, 1.82) is 0 Å². The number of benzene rings is 1. The Morgan fingerprint density at radius 3 is 2.83 bits per heavy atom. The number of nitrogens with zero attached hydrogens (tertiary/aromatic N) is 1. The molecule has 1 fully saturated rings. The van der Waals surface area contributed by atoms with E-state index in [2.05, 4.69) is 17.0 Å². The van der Waals surface area contributed by atoms with Gasteiger partial charge in [-0.05, 0) is 49.2 Å². The second kappa shape index (κ2) is 6.45. The summed E-state index contributed by atoms with van der Waals surface area (Å²) in [5.41, 5.74) is 6.60. The van der Waals surface area contributed by atoms with Crippen molar-refractivity contribution >= 4 is 17.2 Å². The molecule has 126 valence electrons. The maximum absolute atomic E-state index is 11.3. The van der Waals surface area contributed by atoms with E-state index in [1.165, 1.54) is 28.2 Å². The Balaban J connectivity index is 1.51. The Labute approximate surface area is 145 Å². The van der Waals surface area contributed by atoms with Crippen LogP contribution in [-0.2, 0) is 6.54 Å². The van der Waals surface area contributed by atoms with Crippen LogP contribution < -0.4 is 15.2 Å². The molecule has 1 atom stereocenters. The van der Waals surface area contributed by atoms with Gasteiger partial charge in [-0.3, -0.25) is 9.69 Å². The van der Waals surface area contributed by atoms with E-state index in [0.717, 1.165) is 31.0 Å². The first kappa shape index (κ1) is 15.5. The van der Waals surface area contributed by atoms with Crippen LogP contribution in [0.5, 0.6) is 11.5 Å². The molecule has 2 aromatic rings. The first-order valence-electron chi connectivity index (χ1n) is 8.23. The first-order valence-corrected chi connectivity index (χ1v) is 9.04. The van der Waals surface area contributed by atoms with Gasteiger partial charge in [0.25, 0.3) is 5.91 Å². The van der Waals surface area contributed by atoms with Gasteiger partial charge in [0.05, 0.1) is 4.88 Å². The van der Waals surface area contributed by atoms with Gasteiger partial charge in [-0.2, -0.15) is 0 Å². The summed E-state index contributed by atoms with van der Waals surface area (Å²) in [5.74, 6) is 1.32. The summed E-state index contributed by atoms with van der Waals surface area (Å²) in [6.45, 7) is 3.14. The molecular weight excluding hydrogens is 324 g/mol. The third-order valence-corrected chi connectivity index (χ3v) is 5.76. The second-order valence-electron chi connectivity index (χ2n) is 6.17. The van der Waals surface area contributed by atoms with E-state index in [1.807, 2.05) is 18.2 Å². The number of carbonyl (C=O) groups is 1. The van der Waals surface area contributed by atoms with Gasteiger partial charge < -0.3 is 15.2 Å². The number of rotatable bonds is 4.